The third-order valence-electron chi connectivity index (χ3n) is 5.77. The molecule has 1 aromatic carbocycles. The van der Waals surface area contributed by atoms with Crippen molar-refractivity contribution in [2.24, 2.45) is 11.8 Å². The molecule has 0 amide bonds. The van der Waals surface area contributed by atoms with Gasteiger partial charge in [-0.3, -0.25) is 0 Å². The zero-order valence-corrected chi connectivity index (χ0v) is 19.2. The molecule has 1 aliphatic carbocycles. The van der Waals surface area contributed by atoms with Crippen LogP contribution in [0.4, 0.5) is 0 Å². The topological polar surface area (TPSA) is 17.1 Å². The van der Waals surface area contributed by atoms with Crippen LogP contribution in [0.1, 0.15) is 71.4 Å². The average Bonchev–Trinajstić information content (AvgIpc) is 2.57. The summed E-state index contributed by atoms with van der Waals surface area (Å²) in [5.74, 6) is 1.35. The maximum Gasteiger partial charge on any atom is 0.139 e. The van der Waals surface area contributed by atoms with E-state index in [1.807, 2.05) is 0 Å². The maximum atomic E-state index is 14.5. The molecule has 1 aromatic rings. The predicted molar refractivity (Wildman–Crippen MR) is 120 cm³/mol. The van der Waals surface area contributed by atoms with E-state index < -0.39 is 7.14 Å². The van der Waals surface area contributed by atoms with Gasteiger partial charge in [0.15, 0.2) is 0 Å². The summed E-state index contributed by atoms with van der Waals surface area (Å²) in [6.45, 7) is 15.3. The minimum atomic E-state index is -2.60. The normalized spacial score (nSPS) is 18.9. The first-order chi connectivity index (χ1) is 12.6. The summed E-state index contributed by atoms with van der Waals surface area (Å²) < 4.78 is 14.5. The Morgan fingerprint density at radius 2 is 1.67 bits per heavy atom. The molecule has 0 aliphatic heterocycles. The molecule has 0 heterocycles. The van der Waals surface area contributed by atoms with Gasteiger partial charge in [-0.25, -0.2) is 0 Å². The summed E-state index contributed by atoms with van der Waals surface area (Å²) >= 11 is 0. The van der Waals surface area contributed by atoms with Crippen molar-refractivity contribution in [3.63, 3.8) is 0 Å². The first kappa shape index (κ1) is 22.0. The average molecular weight is 385 g/mol. The highest BCUT2D eigenvalue weighted by Gasteiger charge is 2.31. The highest BCUT2D eigenvalue weighted by Crippen LogP contribution is 2.57. The lowest BCUT2D eigenvalue weighted by atomic mass is 9.94. The van der Waals surface area contributed by atoms with E-state index in [4.69, 9.17) is 0 Å². The van der Waals surface area contributed by atoms with Crippen LogP contribution in [-0.4, -0.2) is 6.16 Å². The molecule has 0 spiro atoms. The Labute approximate surface area is 167 Å². The van der Waals surface area contributed by atoms with Gasteiger partial charge < -0.3 is 4.57 Å². The van der Waals surface area contributed by atoms with Crippen LogP contribution in [0.15, 0.2) is 46.5 Å². The highest BCUT2D eigenvalue weighted by atomic mass is 31.2. The van der Waals surface area contributed by atoms with E-state index in [2.05, 4.69) is 78.5 Å². The van der Waals surface area contributed by atoms with Gasteiger partial charge in [-0.1, -0.05) is 44.4 Å². The van der Waals surface area contributed by atoms with Crippen LogP contribution in [0, 0.1) is 25.7 Å². The van der Waals surface area contributed by atoms with E-state index in [1.54, 1.807) is 0 Å². The number of rotatable bonds is 8. The molecule has 2 rings (SSSR count). The molecule has 3 unspecified atom stereocenters. The zero-order valence-electron chi connectivity index (χ0n) is 18.4. The van der Waals surface area contributed by atoms with Crippen LogP contribution in [-0.2, 0) is 4.57 Å². The lowest BCUT2D eigenvalue weighted by Crippen LogP contribution is -2.14. The number of benzene rings is 1. The molecule has 1 aliphatic rings. The van der Waals surface area contributed by atoms with Gasteiger partial charge in [-0.15, -0.1) is 5.73 Å². The first-order valence-corrected chi connectivity index (χ1v) is 12.3. The van der Waals surface area contributed by atoms with Gasteiger partial charge in [0.1, 0.15) is 7.14 Å². The number of allylic oxidation sites excluding steroid dienone is 3. The molecule has 1 nitrogen and oxygen atoms in total. The van der Waals surface area contributed by atoms with Crippen molar-refractivity contribution in [1.29, 1.82) is 0 Å². The fourth-order valence-electron chi connectivity index (χ4n) is 4.19. The van der Waals surface area contributed by atoms with Crippen LogP contribution < -0.4 is 5.30 Å². The van der Waals surface area contributed by atoms with E-state index in [9.17, 15) is 4.57 Å². The fourth-order valence-corrected chi connectivity index (χ4v) is 7.59. The Morgan fingerprint density at radius 1 is 1.04 bits per heavy atom. The molecular formula is C25H37OP. The van der Waals surface area contributed by atoms with Gasteiger partial charge in [-0.2, -0.15) is 0 Å². The number of hydrogen-bond acceptors (Lipinski definition) is 1. The third-order valence-corrected chi connectivity index (χ3v) is 8.96. The standard InChI is InChI=1S/C25H37OP/c1-8-18(2)11-19(3)9-10-27(26,24-14-20(4)12-21(5)15-24)25-16-22(6)13-23(7)17-25/h12,14-16,18-19H,8-11,17H2,1-7H3. The lowest BCUT2D eigenvalue weighted by molar-refractivity contribution is 0.397. The molecule has 0 radical (unpaired) electrons. The SMILES string of the molecule is CCC(C)CC(C)CCP(=O)(C1=CC(C)=C=C(C)C1)c1cc(C)cc(C)c1. The first-order valence-electron chi connectivity index (χ1n) is 10.5. The Kier molecular flexibility index (Phi) is 7.55. The smallest absolute Gasteiger partial charge is 0.139 e. The van der Waals surface area contributed by atoms with Gasteiger partial charge in [0.05, 0.1) is 0 Å². The molecule has 3 atom stereocenters. The monoisotopic (exact) mass is 384 g/mol. The summed E-state index contributed by atoms with van der Waals surface area (Å²) in [5, 5.41) is 2.17. The van der Waals surface area contributed by atoms with Crippen molar-refractivity contribution in [2.75, 3.05) is 6.16 Å². The summed E-state index contributed by atoms with van der Waals surface area (Å²) in [7, 11) is -2.60. The van der Waals surface area contributed by atoms with E-state index in [0.717, 1.165) is 41.1 Å². The molecule has 148 valence electrons. The van der Waals surface area contributed by atoms with Crippen molar-refractivity contribution in [3.8, 4) is 0 Å². The van der Waals surface area contributed by atoms with Crippen LogP contribution in [0.25, 0.3) is 0 Å². The van der Waals surface area contributed by atoms with E-state index in [1.165, 1.54) is 29.5 Å². The lowest BCUT2D eigenvalue weighted by Gasteiger charge is -2.26. The molecule has 0 saturated carbocycles. The van der Waals surface area contributed by atoms with Crippen LogP contribution >= 0.6 is 7.14 Å². The molecule has 0 N–H and O–H groups in total. The molecule has 27 heavy (non-hydrogen) atoms. The summed E-state index contributed by atoms with van der Waals surface area (Å²) in [6, 6.07) is 6.48. The zero-order chi connectivity index (χ0) is 20.2. The second kappa shape index (κ2) is 9.27. The van der Waals surface area contributed by atoms with Crippen molar-refractivity contribution >= 4 is 12.4 Å². The fraction of sp³-hybridized carbons (Fsp3) is 0.560. The molecule has 0 saturated heterocycles. The Bertz CT molecular complexity index is 800. The van der Waals surface area contributed by atoms with Crippen molar-refractivity contribution in [1.82, 2.24) is 0 Å². The van der Waals surface area contributed by atoms with Crippen molar-refractivity contribution in [2.45, 2.75) is 74.1 Å². The van der Waals surface area contributed by atoms with Gasteiger partial charge in [0.25, 0.3) is 0 Å². The van der Waals surface area contributed by atoms with E-state index in [0.29, 0.717) is 5.92 Å². The molecule has 0 bridgehead atoms. The summed E-state index contributed by atoms with van der Waals surface area (Å²) in [5.41, 5.74) is 8.09. The van der Waals surface area contributed by atoms with E-state index in [-0.39, 0.29) is 0 Å². The molecule has 2 heteroatoms. The summed E-state index contributed by atoms with van der Waals surface area (Å²) in [4.78, 5) is 0. The largest absolute Gasteiger partial charge is 0.314 e. The molecule has 0 aromatic heterocycles. The Balaban J connectivity index is 2.38. The third kappa shape index (κ3) is 5.84. The van der Waals surface area contributed by atoms with Crippen LogP contribution in [0.3, 0.4) is 0 Å². The molecular weight excluding hydrogens is 347 g/mol. The Hall–Kier alpha value is -1.29. The van der Waals surface area contributed by atoms with E-state index >= 15 is 0 Å². The second-order valence-corrected chi connectivity index (χ2v) is 11.9. The minimum Gasteiger partial charge on any atom is -0.314 e. The Morgan fingerprint density at radius 3 is 2.22 bits per heavy atom. The van der Waals surface area contributed by atoms with Crippen molar-refractivity contribution in [3.05, 3.63) is 57.6 Å². The van der Waals surface area contributed by atoms with Gasteiger partial charge >= 0.3 is 0 Å². The second-order valence-electron chi connectivity index (χ2n) is 8.85. The quantitative estimate of drug-likeness (QED) is 0.334. The highest BCUT2D eigenvalue weighted by molar-refractivity contribution is 7.75. The van der Waals surface area contributed by atoms with Crippen molar-refractivity contribution < 1.29 is 4.57 Å². The van der Waals surface area contributed by atoms with Crippen LogP contribution in [0.2, 0.25) is 0 Å². The van der Waals surface area contributed by atoms with Gasteiger partial charge in [0, 0.05) is 17.9 Å². The van der Waals surface area contributed by atoms with Gasteiger partial charge in [-0.05, 0) is 87.0 Å². The minimum absolute atomic E-state index is 0.608. The number of hydrogen-bond donors (Lipinski definition) is 0. The van der Waals surface area contributed by atoms with Crippen LogP contribution in [0.5, 0.6) is 0 Å². The number of aryl methyl sites for hydroxylation is 2. The summed E-state index contributed by atoms with van der Waals surface area (Å²) in [6.07, 6.45) is 7.18. The molecule has 0 fully saturated rings. The van der Waals surface area contributed by atoms with Gasteiger partial charge in [0.2, 0.25) is 0 Å². The maximum absolute atomic E-state index is 14.5. The predicted octanol–water partition coefficient (Wildman–Crippen LogP) is 7.53.